The molecule has 0 heterocycles. The first-order valence-electron chi connectivity index (χ1n) is 7.56. The van der Waals surface area contributed by atoms with Gasteiger partial charge in [0.2, 0.25) is 5.75 Å². The first kappa shape index (κ1) is 19.2. The molecule has 138 valence electrons. The quantitative estimate of drug-likeness (QED) is 0.519. The molecule has 0 spiro atoms. The van der Waals surface area contributed by atoms with Crippen LogP contribution in [0.25, 0.3) is 6.08 Å². The van der Waals surface area contributed by atoms with Crippen molar-refractivity contribution < 1.29 is 32.5 Å². The van der Waals surface area contributed by atoms with Crippen LogP contribution in [0.4, 0.5) is 8.78 Å². The van der Waals surface area contributed by atoms with Gasteiger partial charge in [-0.15, -0.1) is 0 Å². The van der Waals surface area contributed by atoms with Crippen LogP contribution in [0, 0.1) is 0 Å². The Labute approximate surface area is 149 Å². The second kappa shape index (κ2) is 8.84. The Hall–Kier alpha value is -3.09. The van der Waals surface area contributed by atoms with E-state index in [4.69, 9.17) is 14.2 Å². The lowest BCUT2D eigenvalue weighted by molar-refractivity contribution is -0.0499. The van der Waals surface area contributed by atoms with Crippen LogP contribution in [0.15, 0.2) is 42.5 Å². The first-order chi connectivity index (χ1) is 12.5. The van der Waals surface area contributed by atoms with Crippen LogP contribution in [0.5, 0.6) is 23.0 Å². The molecule has 0 aliphatic heterocycles. The van der Waals surface area contributed by atoms with Crippen LogP contribution in [-0.4, -0.2) is 33.7 Å². The zero-order chi connectivity index (χ0) is 19.1. The van der Waals surface area contributed by atoms with Crippen LogP contribution in [0.1, 0.15) is 15.9 Å². The fourth-order valence-corrected chi connectivity index (χ4v) is 2.31. The van der Waals surface area contributed by atoms with E-state index in [1.165, 1.54) is 51.7 Å². The van der Waals surface area contributed by atoms with E-state index in [9.17, 15) is 13.6 Å². The van der Waals surface area contributed by atoms with Crippen LogP contribution in [0.2, 0.25) is 0 Å². The van der Waals surface area contributed by atoms with Crippen molar-refractivity contribution >= 4 is 11.9 Å². The Bertz CT molecular complexity index is 777. The van der Waals surface area contributed by atoms with E-state index in [2.05, 4.69) is 4.74 Å². The minimum atomic E-state index is -2.95. The van der Waals surface area contributed by atoms with Gasteiger partial charge in [-0.25, -0.2) is 0 Å². The molecule has 0 saturated heterocycles. The number of hydrogen-bond acceptors (Lipinski definition) is 5. The molecular weight excluding hydrogens is 346 g/mol. The molecule has 0 atom stereocenters. The molecule has 0 aliphatic rings. The molecule has 7 heteroatoms. The number of hydrogen-bond donors (Lipinski definition) is 0. The molecule has 0 aromatic heterocycles. The SMILES string of the molecule is COc1cc(C(=O)/C=C/c2ccccc2OC(F)F)cc(OC)c1OC. The van der Waals surface area contributed by atoms with Gasteiger partial charge in [-0.1, -0.05) is 18.2 Å². The van der Waals surface area contributed by atoms with Gasteiger partial charge in [0, 0.05) is 11.1 Å². The van der Waals surface area contributed by atoms with Crippen molar-refractivity contribution in [2.24, 2.45) is 0 Å². The maximum atomic E-state index is 12.5. The molecule has 0 unspecified atom stereocenters. The number of para-hydroxylation sites is 1. The molecule has 26 heavy (non-hydrogen) atoms. The third-order valence-electron chi connectivity index (χ3n) is 3.50. The van der Waals surface area contributed by atoms with E-state index in [1.54, 1.807) is 18.2 Å². The molecule has 0 aliphatic carbocycles. The van der Waals surface area contributed by atoms with Gasteiger partial charge in [-0.2, -0.15) is 8.78 Å². The number of carbonyl (C=O) groups is 1. The predicted molar refractivity (Wildman–Crippen MR) is 92.5 cm³/mol. The lowest BCUT2D eigenvalue weighted by Gasteiger charge is -2.13. The van der Waals surface area contributed by atoms with Gasteiger partial charge in [0.05, 0.1) is 21.3 Å². The van der Waals surface area contributed by atoms with Gasteiger partial charge in [0.15, 0.2) is 17.3 Å². The number of carbonyl (C=O) groups excluding carboxylic acids is 1. The third kappa shape index (κ3) is 4.50. The maximum absolute atomic E-state index is 12.5. The second-order valence-corrected chi connectivity index (χ2v) is 5.03. The predicted octanol–water partition coefficient (Wildman–Crippen LogP) is 4.21. The normalized spacial score (nSPS) is 10.8. The van der Waals surface area contributed by atoms with E-state index in [1.807, 2.05) is 0 Å². The summed E-state index contributed by atoms with van der Waals surface area (Å²) in [6.07, 6.45) is 2.66. The largest absolute Gasteiger partial charge is 0.493 e. The highest BCUT2D eigenvalue weighted by Gasteiger charge is 2.16. The Morgan fingerprint density at radius 1 is 0.962 bits per heavy atom. The van der Waals surface area contributed by atoms with Gasteiger partial charge >= 0.3 is 6.61 Å². The topological polar surface area (TPSA) is 54.0 Å². The molecule has 2 aromatic rings. The minimum absolute atomic E-state index is 0.0172. The van der Waals surface area contributed by atoms with Crippen molar-refractivity contribution in [1.29, 1.82) is 0 Å². The van der Waals surface area contributed by atoms with Crippen LogP contribution >= 0.6 is 0 Å². The van der Waals surface area contributed by atoms with Gasteiger partial charge < -0.3 is 18.9 Å². The molecule has 0 N–H and O–H groups in total. The number of ether oxygens (including phenoxy) is 4. The van der Waals surface area contributed by atoms with Crippen molar-refractivity contribution in [3.63, 3.8) is 0 Å². The Morgan fingerprint density at radius 2 is 1.58 bits per heavy atom. The lowest BCUT2D eigenvalue weighted by atomic mass is 10.1. The number of rotatable bonds is 8. The molecule has 2 aromatic carbocycles. The summed E-state index contributed by atoms with van der Waals surface area (Å²) < 4.78 is 45.0. The number of halogens is 2. The van der Waals surface area contributed by atoms with Crippen molar-refractivity contribution in [1.82, 2.24) is 0 Å². The summed E-state index contributed by atoms with van der Waals surface area (Å²) in [5.74, 6) is 0.661. The van der Waals surface area contributed by atoms with Crippen molar-refractivity contribution in [2.45, 2.75) is 6.61 Å². The summed E-state index contributed by atoms with van der Waals surface area (Å²) in [5.41, 5.74) is 0.650. The molecule has 2 rings (SSSR count). The molecular formula is C19H18F2O5. The molecule has 0 saturated carbocycles. The van der Waals surface area contributed by atoms with Crippen molar-refractivity contribution in [2.75, 3.05) is 21.3 Å². The first-order valence-corrected chi connectivity index (χ1v) is 7.56. The van der Waals surface area contributed by atoms with Gasteiger partial charge in [-0.05, 0) is 30.4 Å². The van der Waals surface area contributed by atoms with Crippen LogP contribution < -0.4 is 18.9 Å². The number of methoxy groups -OCH3 is 3. The Balaban J connectivity index is 2.32. The summed E-state index contributed by atoms with van der Waals surface area (Å²) in [6, 6.07) is 9.20. The smallest absolute Gasteiger partial charge is 0.387 e. The number of ketones is 1. The molecule has 0 amide bonds. The summed E-state index contributed by atoms with van der Waals surface area (Å²) in [7, 11) is 4.35. The summed E-state index contributed by atoms with van der Waals surface area (Å²) >= 11 is 0. The standard InChI is InChI=1S/C19H18F2O5/c1-23-16-10-13(11-17(24-2)18(16)25-3)14(22)9-8-12-6-4-5-7-15(12)26-19(20)21/h4-11,19H,1-3H3/b9-8+. The molecule has 0 fully saturated rings. The van der Waals surface area contributed by atoms with Crippen LogP contribution in [0.3, 0.4) is 0 Å². The fourth-order valence-electron chi connectivity index (χ4n) is 2.31. The van der Waals surface area contributed by atoms with Crippen molar-refractivity contribution in [3.8, 4) is 23.0 Å². The fraction of sp³-hybridized carbons (Fsp3) is 0.211. The summed E-state index contributed by atoms with van der Waals surface area (Å²) in [6.45, 7) is -2.95. The lowest BCUT2D eigenvalue weighted by Crippen LogP contribution is -2.03. The van der Waals surface area contributed by atoms with E-state index in [-0.39, 0.29) is 11.5 Å². The maximum Gasteiger partial charge on any atom is 0.387 e. The average molecular weight is 364 g/mol. The van der Waals surface area contributed by atoms with Crippen LogP contribution in [-0.2, 0) is 0 Å². The van der Waals surface area contributed by atoms with E-state index >= 15 is 0 Å². The van der Waals surface area contributed by atoms with Gasteiger partial charge in [0.1, 0.15) is 5.75 Å². The third-order valence-corrected chi connectivity index (χ3v) is 3.50. The molecule has 5 nitrogen and oxygen atoms in total. The van der Waals surface area contributed by atoms with E-state index in [0.29, 0.717) is 28.4 Å². The van der Waals surface area contributed by atoms with E-state index < -0.39 is 6.61 Å². The summed E-state index contributed by atoms with van der Waals surface area (Å²) in [5, 5.41) is 0. The van der Waals surface area contributed by atoms with Gasteiger partial charge in [-0.3, -0.25) is 4.79 Å². The van der Waals surface area contributed by atoms with E-state index in [0.717, 1.165) is 0 Å². The Kier molecular flexibility index (Phi) is 6.54. The highest BCUT2D eigenvalue weighted by Crippen LogP contribution is 2.38. The average Bonchev–Trinajstić information content (AvgIpc) is 2.65. The monoisotopic (exact) mass is 364 g/mol. The molecule has 0 radical (unpaired) electrons. The summed E-state index contributed by atoms with van der Waals surface area (Å²) in [4.78, 5) is 12.5. The number of benzene rings is 2. The zero-order valence-electron chi connectivity index (χ0n) is 14.5. The minimum Gasteiger partial charge on any atom is -0.493 e. The highest BCUT2D eigenvalue weighted by atomic mass is 19.3. The van der Waals surface area contributed by atoms with Gasteiger partial charge in [0.25, 0.3) is 0 Å². The Morgan fingerprint density at radius 3 is 2.12 bits per heavy atom. The second-order valence-electron chi connectivity index (χ2n) is 5.03. The molecule has 0 bridgehead atoms. The van der Waals surface area contributed by atoms with Crippen molar-refractivity contribution in [3.05, 3.63) is 53.6 Å². The number of allylic oxidation sites excluding steroid dienone is 1. The zero-order valence-corrected chi connectivity index (χ0v) is 14.5. The highest BCUT2D eigenvalue weighted by molar-refractivity contribution is 6.07. The number of alkyl halides is 2.